The van der Waals surface area contributed by atoms with Crippen LogP contribution in [-0.4, -0.2) is 24.5 Å². The van der Waals surface area contributed by atoms with Crippen molar-refractivity contribution in [3.05, 3.63) is 36.5 Å². The molecule has 1 rings (SSSR count). The number of likely N-dealkylation sites (tertiary alicyclic amines) is 1. The average Bonchev–Trinajstić information content (AvgIpc) is 2.67. The van der Waals surface area contributed by atoms with E-state index in [9.17, 15) is 0 Å². The van der Waals surface area contributed by atoms with E-state index in [0.29, 0.717) is 0 Å². The van der Waals surface area contributed by atoms with E-state index >= 15 is 0 Å². The quantitative estimate of drug-likeness (QED) is 0.476. The highest BCUT2D eigenvalue weighted by Crippen LogP contribution is 2.07. The van der Waals surface area contributed by atoms with E-state index in [1.54, 1.807) is 0 Å². The van der Waals surface area contributed by atoms with E-state index in [0.717, 1.165) is 13.0 Å². The fourth-order valence-electron chi connectivity index (χ4n) is 1.69. The maximum absolute atomic E-state index is 3.70. The van der Waals surface area contributed by atoms with Crippen LogP contribution in [-0.2, 0) is 0 Å². The largest absolute Gasteiger partial charge is 0.300 e. The number of hydrogen-bond acceptors (Lipinski definition) is 1. The van der Waals surface area contributed by atoms with Crippen LogP contribution in [0, 0.1) is 0 Å². The Hall–Kier alpha value is -0.820. The first-order valence-electron chi connectivity index (χ1n) is 5.49. The molecule has 78 valence electrons. The molecule has 1 heterocycles. The van der Waals surface area contributed by atoms with Gasteiger partial charge >= 0.3 is 0 Å². The summed E-state index contributed by atoms with van der Waals surface area (Å²) in [6, 6.07) is 0. The van der Waals surface area contributed by atoms with Gasteiger partial charge in [0, 0.05) is 6.54 Å². The molecular weight excluding hydrogens is 170 g/mol. The predicted octanol–water partition coefficient (Wildman–Crippen LogP) is 3.16. The summed E-state index contributed by atoms with van der Waals surface area (Å²) in [5.41, 5.74) is 1.34. The molecule has 1 saturated heterocycles. The van der Waals surface area contributed by atoms with Crippen LogP contribution >= 0.6 is 0 Å². The van der Waals surface area contributed by atoms with Crippen molar-refractivity contribution in [3.63, 3.8) is 0 Å². The molecule has 0 aliphatic carbocycles. The van der Waals surface area contributed by atoms with Crippen molar-refractivity contribution in [1.29, 1.82) is 0 Å². The van der Waals surface area contributed by atoms with Crippen LogP contribution in [0.4, 0.5) is 0 Å². The fraction of sp³-hybridized carbons (Fsp3) is 0.538. The highest BCUT2D eigenvalue weighted by atomic mass is 15.1. The lowest BCUT2D eigenvalue weighted by molar-refractivity contribution is 0.377. The topological polar surface area (TPSA) is 3.24 Å². The number of nitrogens with zero attached hydrogens (tertiary/aromatic N) is 1. The molecule has 1 aliphatic heterocycles. The van der Waals surface area contributed by atoms with Crippen LogP contribution in [0.2, 0.25) is 0 Å². The molecule has 0 saturated carbocycles. The van der Waals surface area contributed by atoms with E-state index in [1.165, 1.54) is 31.5 Å². The van der Waals surface area contributed by atoms with Crippen molar-refractivity contribution in [2.24, 2.45) is 0 Å². The first-order valence-corrected chi connectivity index (χ1v) is 5.49. The molecule has 0 unspecified atom stereocenters. The molecule has 1 nitrogen and oxygen atoms in total. The van der Waals surface area contributed by atoms with Crippen molar-refractivity contribution in [2.75, 3.05) is 19.6 Å². The number of rotatable bonds is 5. The predicted molar refractivity (Wildman–Crippen MR) is 63.4 cm³/mol. The van der Waals surface area contributed by atoms with Gasteiger partial charge in [-0.25, -0.2) is 0 Å². The highest BCUT2D eigenvalue weighted by Gasteiger charge is 2.08. The fourth-order valence-corrected chi connectivity index (χ4v) is 1.69. The van der Waals surface area contributed by atoms with Gasteiger partial charge in [-0.15, -0.1) is 6.58 Å². The monoisotopic (exact) mass is 191 g/mol. The van der Waals surface area contributed by atoms with Gasteiger partial charge in [-0.3, -0.25) is 4.90 Å². The third-order valence-electron chi connectivity index (χ3n) is 2.55. The SMILES string of the molecule is C=CC/C=C(C)\C=C/CN1CCCC1. The van der Waals surface area contributed by atoms with Crippen LogP contribution in [0.15, 0.2) is 36.5 Å². The lowest BCUT2D eigenvalue weighted by Gasteiger charge is -2.10. The van der Waals surface area contributed by atoms with E-state index in [1.807, 2.05) is 6.08 Å². The van der Waals surface area contributed by atoms with Crippen molar-refractivity contribution >= 4 is 0 Å². The number of allylic oxidation sites excluding steroid dienone is 4. The van der Waals surface area contributed by atoms with Gasteiger partial charge in [0.15, 0.2) is 0 Å². The average molecular weight is 191 g/mol. The van der Waals surface area contributed by atoms with E-state index < -0.39 is 0 Å². The molecule has 0 radical (unpaired) electrons. The second-order valence-electron chi connectivity index (χ2n) is 3.88. The Bertz CT molecular complexity index is 219. The summed E-state index contributed by atoms with van der Waals surface area (Å²) < 4.78 is 0. The molecule has 1 aliphatic rings. The Morgan fingerprint density at radius 2 is 2.07 bits per heavy atom. The Kier molecular flexibility index (Phi) is 5.31. The Morgan fingerprint density at radius 3 is 2.71 bits per heavy atom. The van der Waals surface area contributed by atoms with Crippen molar-refractivity contribution < 1.29 is 0 Å². The van der Waals surface area contributed by atoms with E-state index in [4.69, 9.17) is 0 Å². The van der Waals surface area contributed by atoms with Gasteiger partial charge in [0.2, 0.25) is 0 Å². The zero-order valence-electron chi connectivity index (χ0n) is 9.21. The van der Waals surface area contributed by atoms with Gasteiger partial charge in [-0.05, 0) is 39.3 Å². The molecule has 14 heavy (non-hydrogen) atoms. The van der Waals surface area contributed by atoms with Gasteiger partial charge < -0.3 is 0 Å². The van der Waals surface area contributed by atoms with Crippen LogP contribution in [0.5, 0.6) is 0 Å². The first kappa shape index (κ1) is 11.3. The molecule has 0 aromatic carbocycles. The molecule has 0 bridgehead atoms. The summed E-state index contributed by atoms with van der Waals surface area (Å²) in [5, 5.41) is 0. The summed E-state index contributed by atoms with van der Waals surface area (Å²) in [7, 11) is 0. The van der Waals surface area contributed by atoms with Gasteiger partial charge in [-0.1, -0.05) is 29.9 Å². The highest BCUT2D eigenvalue weighted by molar-refractivity contribution is 5.17. The summed E-state index contributed by atoms with van der Waals surface area (Å²) in [6.45, 7) is 9.51. The summed E-state index contributed by atoms with van der Waals surface area (Å²) in [4.78, 5) is 2.50. The normalized spacial score (nSPS) is 19.4. The standard InChI is InChI=1S/C13H21N/c1-3-4-8-13(2)9-7-12-14-10-5-6-11-14/h3,7-9H,1,4-6,10-12H2,2H3/b9-7-,13-8-. The summed E-state index contributed by atoms with van der Waals surface area (Å²) in [5.74, 6) is 0. The van der Waals surface area contributed by atoms with Gasteiger partial charge in [0.25, 0.3) is 0 Å². The van der Waals surface area contributed by atoms with Gasteiger partial charge in [-0.2, -0.15) is 0 Å². The van der Waals surface area contributed by atoms with Crippen LogP contribution < -0.4 is 0 Å². The van der Waals surface area contributed by atoms with Crippen LogP contribution in [0.25, 0.3) is 0 Å². The van der Waals surface area contributed by atoms with E-state index in [2.05, 4.69) is 36.6 Å². The first-order chi connectivity index (χ1) is 6.83. The minimum absolute atomic E-state index is 0.972. The van der Waals surface area contributed by atoms with Crippen molar-refractivity contribution in [3.8, 4) is 0 Å². The van der Waals surface area contributed by atoms with Gasteiger partial charge in [0.1, 0.15) is 0 Å². The molecular formula is C13H21N. The molecule has 0 amide bonds. The second kappa shape index (κ2) is 6.61. The molecule has 0 aromatic rings. The zero-order chi connectivity index (χ0) is 10.2. The van der Waals surface area contributed by atoms with Crippen molar-refractivity contribution in [1.82, 2.24) is 4.90 Å². The second-order valence-corrected chi connectivity index (χ2v) is 3.88. The lowest BCUT2D eigenvalue weighted by Crippen LogP contribution is -2.18. The minimum Gasteiger partial charge on any atom is -0.300 e. The molecule has 1 heteroatoms. The number of hydrogen-bond donors (Lipinski definition) is 0. The maximum Gasteiger partial charge on any atom is 0.0166 e. The zero-order valence-corrected chi connectivity index (χ0v) is 9.21. The molecule has 0 atom stereocenters. The third kappa shape index (κ3) is 4.43. The Morgan fingerprint density at radius 1 is 1.36 bits per heavy atom. The molecule has 1 fully saturated rings. The minimum atomic E-state index is 0.972. The summed E-state index contributed by atoms with van der Waals surface area (Å²) in [6.07, 6.45) is 12.3. The van der Waals surface area contributed by atoms with Crippen LogP contribution in [0.1, 0.15) is 26.2 Å². The smallest absolute Gasteiger partial charge is 0.0166 e. The summed E-state index contributed by atoms with van der Waals surface area (Å²) >= 11 is 0. The lowest BCUT2D eigenvalue weighted by atomic mass is 10.2. The Labute approximate surface area is 87.8 Å². The maximum atomic E-state index is 3.70. The van der Waals surface area contributed by atoms with Crippen LogP contribution in [0.3, 0.4) is 0 Å². The van der Waals surface area contributed by atoms with Gasteiger partial charge in [0.05, 0.1) is 0 Å². The molecule has 0 spiro atoms. The molecule has 0 aromatic heterocycles. The van der Waals surface area contributed by atoms with Crippen molar-refractivity contribution in [2.45, 2.75) is 26.2 Å². The molecule has 0 N–H and O–H groups in total. The Balaban J connectivity index is 2.21. The third-order valence-corrected chi connectivity index (χ3v) is 2.55. The van der Waals surface area contributed by atoms with E-state index in [-0.39, 0.29) is 0 Å².